The van der Waals surface area contributed by atoms with Gasteiger partial charge in [0.1, 0.15) is 0 Å². The van der Waals surface area contributed by atoms with Gasteiger partial charge in [-0.1, -0.05) is 44.2 Å². The third kappa shape index (κ3) is 4.57. The van der Waals surface area contributed by atoms with Crippen LogP contribution in [0.15, 0.2) is 30.3 Å². The zero-order valence-electron chi connectivity index (χ0n) is 13.3. The van der Waals surface area contributed by atoms with Crippen LogP contribution in [-0.4, -0.2) is 36.0 Å². The van der Waals surface area contributed by atoms with Crippen molar-refractivity contribution in [1.29, 1.82) is 0 Å². The van der Waals surface area contributed by atoms with Crippen molar-refractivity contribution in [2.75, 3.05) is 13.1 Å². The second-order valence-electron chi connectivity index (χ2n) is 5.96. The molecule has 3 heteroatoms. The van der Waals surface area contributed by atoms with Crippen LogP contribution in [0.2, 0.25) is 0 Å². The van der Waals surface area contributed by atoms with Crippen LogP contribution in [0.25, 0.3) is 0 Å². The zero-order chi connectivity index (χ0) is 15.1. The van der Waals surface area contributed by atoms with Gasteiger partial charge in [-0.05, 0) is 31.2 Å². The Morgan fingerprint density at radius 1 is 1.24 bits per heavy atom. The van der Waals surface area contributed by atoms with Crippen molar-refractivity contribution in [3.63, 3.8) is 0 Å². The van der Waals surface area contributed by atoms with Crippen LogP contribution < -0.4 is 5.32 Å². The summed E-state index contributed by atoms with van der Waals surface area (Å²) in [4.78, 5) is 14.6. The molecule has 0 aliphatic carbocycles. The van der Waals surface area contributed by atoms with E-state index in [2.05, 4.69) is 48.3 Å². The van der Waals surface area contributed by atoms with E-state index in [1.165, 1.54) is 5.56 Å². The average Bonchev–Trinajstić information content (AvgIpc) is 2.55. The van der Waals surface area contributed by atoms with Gasteiger partial charge in [-0.2, -0.15) is 0 Å². The number of rotatable bonds is 6. The molecular weight excluding hydrogens is 260 g/mol. The van der Waals surface area contributed by atoms with E-state index in [1.54, 1.807) is 0 Å². The summed E-state index contributed by atoms with van der Waals surface area (Å²) < 4.78 is 0. The van der Waals surface area contributed by atoms with Crippen molar-refractivity contribution < 1.29 is 4.79 Å². The van der Waals surface area contributed by atoms with Crippen molar-refractivity contribution in [2.45, 2.75) is 58.0 Å². The van der Waals surface area contributed by atoms with Crippen molar-refractivity contribution in [1.82, 2.24) is 10.2 Å². The van der Waals surface area contributed by atoms with E-state index in [-0.39, 0.29) is 0 Å². The first-order chi connectivity index (χ1) is 10.2. The monoisotopic (exact) mass is 288 g/mol. The molecule has 0 aromatic heterocycles. The maximum absolute atomic E-state index is 12.5. The number of hydrogen-bond donors (Lipinski definition) is 1. The highest BCUT2D eigenvalue weighted by Gasteiger charge is 2.28. The standard InChI is InChI=1S/C18H28N2O/c1-3-16-14-20(17(4-2)13-19-16)18(21)12-8-11-15-9-6-5-7-10-15/h5-7,9-10,16-17,19H,3-4,8,11-14H2,1-2H3. The fourth-order valence-electron chi connectivity index (χ4n) is 3.04. The van der Waals surface area contributed by atoms with Crippen molar-refractivity contribution in [3.8, 4) is 0 Å². The first-order valence-electron chi connectivity index (χ1n) is 8.31. The average molecular weight is 288 g/mol. The molecule has 1 aliphatic rings. The summed E-state index contributed by atoms with van der Waals surface area (Å²) in [6.07, 6.45) is 4.73. The highest BCUT2D eigenvalue weighted by molar-refractivity contribution is 5.76. The van der Waals surface area contributed by atoms with Gasteiger partial charge in [-0.3, -0.25) is 4.79 Å². The lowest BCUT2D eigenvalue weighted by Gasteiger charge is -2.40. The molecule has 1 saturated heterocycles. The number of benzene rings is 1. The second-order valence-corrected chi connectivity index (χ2v) is 5.96. The van der Waals surface area contributed by atoms with Gasteiger partial charge < -0.3 is 10.2 Å². The third-order valence-corrected chi connectivity index (χ3v) is 4.48. The lowest BCUT2D eigenvalue weighted by molar-refractivity contribution is -0.135. The largest absolute Gasteiger partial charge is 0.337 e. The van der Waals surface area contributed by atoms with Gasteiger partial charge in [0.2, 0.25) is 5.91 Å². The summed E-state index contributed by atoms with van der Waals surface area (Å²) in [6.45, 7) is 6.17. The molecule has 116 valence electrons. The molecule has 1 aromatic rings. The Labute approximate surface area is 128 Å². The minimum absolute atomic E-state index is 0.331. The number of carbonyl (C=O) groups excluding carboxylic acids is 1. The summed E-state index contributed by atoms with van der Waals surface area (Å²) in [5, 5.41) is 3.54. The molecule has 1 aromatic carbocycles. The molecule has 3 nitrogen and oxygen atoms in total. The van der Waals surface area contributed by atoms with Gasteiger partial charge in [0.05, 0.1) is 0 Å². The normalized spacial score (nSPS) is 22.3. The van der Waals surface area contributed by atoms with Gasteiger partial charge in [-0.15, -0.1) is 0 Å². The van der Waals surface area contributed by atoms with Crippen molar-refractivity contribution >= 4 is 5.91 Å². The molecule has 2 atom stereocenters. The lowest BCUT2D eigenvalue weighted by atomic mass is 10.0. The maximum Gasteiger partial charge on any atom is 0.222 e. The van der Waals surface area contributed by atoms with E-state index in [4.69, 9.17) is 0 Å². The summed E-state index contributed by atoms with van der Waals surface area (Å²) in [6, 6.07) is 11.3. The molecule has 0 spiro atoms. The topological polar surface area (TPSA) is 32.3 Å². The minimum Gasteiger partial charge on any atom is -0.337 e. The van der Waals surface area contributed by atoms with Crippen molar-refractivity contribution in [3.05, 3.63) is 35.9 Å². The predicted molar refractivity (Wildman–Crippen MR) is 87.3 cm³/mol. The summed E-state index contributed by atoms with van der Waals surface area (Å²) in [5.74, 6) is 0.331. The number of nitrogens with one attached hydrogen (secondary N) is 1. The van der Waals surface area contributed by atoms with Gasteiger partial charge in [0, 0.05) is 31.6 Å². The SMILES string of the molecule is CCC1CN(C(=O)CCCc2ccccc2)C(CC)CN1. The number of nitrogens with zero attached hydrogens (tertiary/aromatic N) is 1. The van der Waals surface area contributed by atoms with Gasteiger partial charge in [0.25, 0.3) is 0 Å². The molecule has 1 amide bonds. The summed E-state index contributed by atoms with van der Waals surface area (Å²) in [7, 11) is 0. The highest BCUT2D eigenvalue weighted by atomic mass is 16.2. The Morgan fingerprint density at radius 2 is 2.00 bits per heavy atom. The maximum atomic E-state index is 12.5. The van der Waals surface area contributed by atoms with Crippen LogP contribution >= 0.6 is 0 Å². The Kier molecular flexibility index (Phi) is 6.24. The van der Waals surface area contributed by atoms with Crippen LogP contribution in [0.3, 0.4) is 0 Å². The lowest BCUT2D eigenvalue weighted by Crippen LogP contribution is -2.57. The molecule has 0 saturated carbocycles. The van der Waals surface area contributed by atoms with E-state index >= 15 is 0 Å². The smallest absolute Gasteiger partial charge is 0.222 e. The quantitative estimate of drug-likeness (QED) is 0.873. The molecule has 0 radical (unpaired) electrons. The molecular formula is C18H28N2O. The summed E-state index contributed by atoms with van der Waals surface area (Å²) >= 11 is 0. The molecule has 2 unspecified atom stereocenters. The van der Waals surface area contributed by atoms with Crippen LogP contribution in [0.4, 0.5) is 0 Å². The molecule has 1 N–H and O–H groups in total. The van der Waals surface area contributed by atoms with E-state index < -0.39 is 0 Å². The number of carbonyl (C=O) groups is 1. The second kappa shape index (κ2) is 8.18. The fourth-order valence-corrected chi connectivity index (χ4v) is 3.04. The van der Waals surface area contributed by atoms with Gasteiger partial charge >= 0.3 is 0 Å². The zero-order valence-corrected chi connectivity index (χ0v) is 13.3. The Morgan fingerprint density at radius 3 is 2.67 bits per heavy atom. The number of amides is 1. The van der Waals surface area contributed by atoms with Crippen LogP contribution in [0.5, 0.6) is 0 Å². The van der Waals surface area contributed by atoms with E-state index in [1.807, 2.05) is 6.07 Å². The highest BCUT2D eigenvalue weighted by Crippen LogP contribution is 2.15. The summed E-state index contributed by atoms with van der Waals surface area (Å²) in [5.41, 5.74) is 1.32. The Balaban J connectivity index is 1.82. The number of aryl methyl sites for hydroxylation is 1. The molecule has 21 heavy (non-hydrogen) atoms. The molecule has 2 rings (SSSR count). The Bertz CT molecular complexity index is 432. The van der Waals surface area contributed by atoms with E-state index in [0.29, 0.717) is 24.4 Å². The van der Waals surface area contributed by atoms with Crippen LogP contribution in [0, 0.1) is 0 Å². The minimum atomic E-state index is 0.331. The van der Waals surface area contributed by atoms with Crippen LogP contribution in [0.1, 0.15) is 45.1 Å². The van der Waals surface area contributed by atoms with E-state index in [0.717, 1.165) is 38.8 Å². The van der Waals surface area contributed by atoms with Gasteiger partial charge in [0.15, 0.2) is 0 Å². The van der Waals surface area contributed by atoms with Crippen LogP contribution in [-0.2, 0) is 11.2 Å². The molecule has 1 heterocycles. The first-order valence-corrected chi connectivity index (χ1v) is 8.31. The number of hydrogen-bond acceptors (Lipinski definition) is 2. The predicted octanol–water partition coefficient (Wildman–Crippen LogP) is 3.00. The van der Waals surface area contributed by atoms with E-state index in [9.17, 15) is 4.79 Å². The van der Waals surface area contributed by atoms with Crippen molar-refractivity contribution in [2.24, 2.45) is 0 Å². The molecule has 1 fully saturated rings. The van der Waals surface area contributed by atoms with Gasteiger partial charge in [-0.25, -0.2) is 0 Å². The fraction of sp³-hybridized carbons (Fsp3) is 0.611. The first kappa shape index (κ1) is 16.0. The molecule has 0 bridgehead atoms. The Hall–Kier alpha value is -1.35. The third-order valence-electron chi connectivity index (χ3n) is 4.48. The molecule has 1 aliphatic heterocycles. The number of piperazine rings is 1.